The number of aromatic nitrogens is 2. The second-order valence-corrected chi connectivity index (χ2v) is 9.13. The van der Waals surface area contributed by atoms with E-state index in [0.29, 0.717) is 30.5 Å². The van der Waals surface area contributed by atoms with Gasteiger partial charge in [-0.25, -0.2) is 18.2 Å². The number of amides is 1. The van der Waals surface area contributed by atoms with Gasteiger partial charge in [0.1, 0.15) is 34.4 Å². The molecule has 0 unspecified atom stereocenters. The number of carbonyl (C=O) groups excluding carboxylic acids is 1. The molecule has 10 heteroatoms. The monoisotopic (exact) mass is 484 g/mol. The van der Waals surface area contributed by atoms with Crippen molar-refractivity contribution < 1.29 is 27.8 Å². The van der Waals surface area contributed by atoms with Gasteiger partial charge in [0.15, 0.2) is 0 Å². The molecule has 3 aromatic rings. The van der Waals surface area contributed by atoms with E-state index in [9.17, 15) is 23.1 Å². The van der Waals surface area contributed by atoms with Crippen LogP contribution in [0.5, 0.6) is 0 Å². The molecule has 7 nitrogen and oxygen atoms in total. The molecule has 1 aliphatic heterocycles. The fourth-order valence-electron chi connectivity index (χ4n) is 4.61. The van der Waals surface area contributed by atoms with Crippen molar-refractivity contribution in [3.05, 3.63) is 77.5 Å². The number of nitrogens with two attached hydrogens (primary N) is 1. The molecule has 0 bridgehead atoms. The van der Waals surface area contributed by atoms with Gasteiger partial charge in [0, 0.05) is 17.8 Å². The minimum Gasteiger partial charge on any atom is -0.386 e. The second kappa shape index (κ2) is 8.40. The van der Waals surface area contributed by atoms with Crippen LogP contribution in [0.2, 0.25) is 0 Å². The van der Waals surface area contributed by atoms with Gasteiger partial charge in [-0.2, -0.15) is 0 Å². The minimum atomic E-state index is -1.17. The zero-order valence-electron chi connectivity index (χ0n) is 18.8. The molecule has 0 radical (unpaired) electrons. The summed E-state index contributed by atoms with van der Waals surface area (Å²) < 4.78 is 49.1. The number of anilines is 1. The van der Waals surface area contributed by atoms with E-state index >= 15 is 0 Å². The quantitative estimate of drug-likeness (QED) is 0.518. The third-order valence-corrected chi connectivity index (χ3v) is 6.91. The molecule has 1 amide bonds. The smallest absolute Gasteiger partial charge is 0.274 e. The van der Waals surface area contributed by atoms with Gasteiger partial charge >= 0.3 is 0 Å². The Morgan fingerprint density at radius 2 is 1.86 bits per heavy atom. The van der Waals surface area contributed by atoms with Gasteiger partial charge in [-0.05, 0) is 56.5 Å². The van der Waals surface area contributed by atoms with Gasteiger partial charge in [-0.3, -0.25) is 9.78 Å². The van der Waals surface area contributed by atoms with Crippen molar-refractivity contribution in [2.45, 2.75) is 49.5 Å². The lowest BCUT2D eigenvalue weighted by molar-refractivity contribution is -0.195. The van der Waals surface area contributed by atoms with Crippen molar-refractivity contribution in [3.8, 4) is 11.3 Å². The van der Waals surface area contributed by atoms with Crippen LogP contribution in [0, 0.1) is 17.5 Å². The molecule has 1 aliphatic carbocycles. The van der Waals surface area contributed by atoms with Gasteiger partial charge in [0.05, 0.1) is 29.2 Å². The summed E-state index contributed by atoms with van der Waals surface area (Å²) in [5.41, 5.74) is 3.76. The maximum absolute atomic E-state index is 14.4. The molecule has 2 aromatic heterocycles. The average Bonchev–Trinajstić information content (AvgIpc) is 3.60. The number of nitrogens with one attached hydrogen (secondary N) is 1. The summed E-state index contributed by atoms with van der Waals surface area (Å²) in [5.74, 6) is -3.71. The summed E-state index contributed by atoms with van der Waals surface area (Å²) in [6, 6.07) is 6.29. The van der Waals surface area contributed by atoms with Gasteiger partial charge in [0.2, 0.25) is 0 Å². The van der Waals surface area contributed by atoms with Gasteiger partial charge in [-0.15, -0.1) is 0 Å². The van der Waals surface area contributed by atoms with Crippen LogP contribution in [0.4, 0.5) is 18.9 Å². The van der Waals surface area contributed by atoms with E-state index in [1.807, 2.05) is 0 Å². The molecule has 182 valence electrons. The van der Waals surface area contributed by atoms with Crippen LogP contribution in [0.3, 0.4) is 0 Å². The lowest BCUT2D eigenvalue weighted by atomic mass is 9.80. The van der Waals surface area contributed by atoms with E-state index in [0.717, 1.165) is 30.3 Å². The third-order valence-electron chi connectivity index (χ3n) is 6.91. The van der Waals surface area contributed by atoms with E-state index in [-0.39, 0.29) is 5.69 Å². The average molecular weight is 484 g/mol. The van der Waals surface area contributed by atoms with Gasteiger partial charge < -0.3 is 20.9 Å². The van der Waals surface area contributed by atoms with Crippen molar-refractivity contribution in [1.29, 1.82) is 0 Å². The predicted octanol–water partition coefficient (Wildman–Crippen LogP) is 3.89. The highest BCUT2D eigenvalue weighted by molar-refractivity contribution is 6.03. The molecule has 4 N–H and O–H groups in total. The van der Waals surface area contributed by atoms with E-state index in [4.69, 9.17) is 10.5 Å². The second-order valence-electron chi connectivity index (χ2n) is 9.13. The molecule has 5 rings (SSSR count). The molecule has 2 aliphatic rings. The normalized spacial score (nSPS) is 24.9. The first kappa shape index (κ1) is 23.4. The van der Waals surface area contributed by atoms with Crippen LogP contribution < -0.4 is 11.1 Å². The molecule has 3 atom stereocenters. The molecule has 1 saturated carbocycles. The SMILES string of the molecule is C[C@@]1(O)[C@H](N)C[C@@H](c2ccncc2NC(=O)c2ccc(F)c(-c3c(F)cccc3F)n2)OC12CC2. The van der Waals surface area contributed by atoms with E-state index < -0.39 is 58.0 Å². The molecule has 35 heavy (non-hydrogen) atoms. The molecular weight excluding hydrogens is 461 g/mol. The number of rotatable bonds is 4. The highest BCUT2D eigenvalue weighted by Gasteiger charge is 2.64. The molecular formula is C25H23F3N4O3. The molecule has 2 fully saturated rings. The first-order chi connectivity index (χ1) is 16.6. The fraction of sp³-hybridized carbons (Fsp3) is 0.320. The lowest BCUT2D eigenvalue weighted by Gasteiger charge is -2.46. The van der Waals surface area contributed by atoms with E-state index in [1.165, 1.54) is 6.20 Å². The number of pyridine rings is 2. The third kappa shape index (κ3) is 3.97. The first-order valence-corrected chi connectivity index (χ1v) is 11.1. The maximum atomic E-state index is 14.4. The fourth-order valence-corrected chi connectivity index (χ4v) is 4.61. The summed E-state index contributed by atoms with van der Waals surface area (Å²) in [4.78, 5) is 21.0. The largest absolute Gasteiger partial charge is 0.386 e. The molecule has 1 saturated heterocycles. The zero-order valence-corrected chi connectivity index (χ0v) is 18.8. The summed E-state index contributed by atoms with van der Waals surface area (Å²) in [7, 11) is 0. The molecule has 3 heterocycles. The van der Waals surface area contributed by atoms with Gasteiger partial charge in [0.25, 0.3) is 5.91 Å². The highest BCUT2D eigenvalue weighted by Crippen LogP contribution is 2.56. The minimum absolute atomic E-state index is 0.248. The zero-order chi connectivity index (χ0) is 25.0. The number of ether oxygens (including phenoxy) is 1. The lowest BCUT2D eigenvalue weighted by Crippen LogP contribution is -2.60. The highest BCUT2D eigenvalue weighted by atomic mass is 19.1. The standard InChI is InChI=1S/C25H23F3N4O3/c1-24(34)20(29)11-19(35-25(24)8-9-25)13-7-10-30-12-18(13)32-23(33)17-6-5-16(28)22(31-17)21-14(26)3-2-4-15(21)27/h2-7,10,12,19-20,34H,8-9,11,29H2,1H3,(H,32,33)/t19-,20+,24+/m0/s1. The number of hydrogen-bond acceptors (Lipinski definition) is 6. The Labute approximate surface area is 199 Å². The summed E-state index contributed by atoms with van der Waals surface area (Å²) >= 11 is 0. The van der Waals surface area contributed by atoms with Crippen LogP contribution >= 0.6 is 0 Å². The number of halogens is 3. The Kier molecular flexibility index (Phi) is 5.62. The van der Waals surface area contributed by atoms with Crippen LogP contribution in [0.15, 0.2) is 48.8 Å². The van der Waals surface area contributed by atoms with Crippen molar-refractivity contribution in [2.75, 3.05) is 5.32 Å². The van der Waals surface area contributed by atoms with Gasteiger partial charge in [-0.1, -0.05) is 6.07 Å². The summed E-state index contributed by atoms with van der Waals surface area (Å²) in [5, 5.41) is 13.5. The van der Waals surface area contributed by atoms with Crippen molar-refractivity contribution in [1.82, 2.24) is 9.97 Å². The Bertz CT molecular complexity index is 1290. The maximum Gasteiger partial charge on any atom is 0.274 e. The van der Waals surface area contributed by atoms with Crippen molar-refractivity contribution in [2.24, 2.45) is 5.73 Å². The molecule has 1 aromatic carbocycles. The van der Waals surface area contributed by atoms with Crippen LogP contribution in [0.25, 0.3) is 11.3 Å². The first-order valence-electron chi connectivity index (χ1n) is 11.1. The van der Waals surface area contributed by atoms with Crippen LogP contribution in [-0.2, 0) is 4.74 Å². The Hall–Kier alpha value is -3.34. The van der Waals surface area contributed by atoms with Crippen molar-refractivity contribution in [3.63, 3.8) is 0 Å². The summed E-state index contributed by atoms with van der Waals surface area (Å²) in [6.07, 6.45) is 4.12. The van der Waals surface area contributed by atoms with Crippen molar-refractivity contribution >= 4 is 11.6 Å². The topological polar surface area (TPSA) is 110 Å². The Morgan fingerprint density at radius 1 is 1.14 bits per heavy atom. The molecule has 1 spiro atoms. The summed E-state index contributed by atoms with van der Waals surface area (Å²) in [6.45, 7) is 1.67. The van der Waals surface area contributed by atoms with E-state index in [2.05, 4.69) is 15.3 Å². The van der Waals surface area contributed by atoms with Crippen LogP contribution in [0.1, 0.15) is 48.3 Å². The van der Waals surface area contributed by atoms with Crippen LogP contribution in [-0.4, -0.2) is 38.2 Å². The Morgan fingerprint density at radius 3 is 2.54 bits per heavy atom. The number of carbonyl (C=O) groups is 1. The number of benzene rings is 1. The van der Waals surface area contributed by atoms with E-state index in [1.54, 1.807) is 19.2 Å². The number of nitrogens with zero attached hydrogens (tertiary/aromatic N) is 2. The Balaban J connectivity index is 1.44. The number of hydrogen-bond donors (Lipinski definition) is 3. The predicted molar refractivity (Wildman–Crippen MR) is 121 cm³/mol. The number of aliphatic hydroxyl groups is 1.